The van der Waals surface area contributed by atoms with Crippen molar-refractivity contribution in [2.45, 2.75) is 0 Å². The lowest BCUT2D eigenvalue weighted by Crippen LogP contribution is -1.97. The van der Waals surface area contributed by atoms with Crippen LogP contribution in [0.5, 0.6) is 0 Å². The highest BCUT2D eigenvalue weighted by Gasteiger charge is 2.21. The standard InChI is InChI=1S/C32H20N4/c1-2-9-22(10-3-1)35-27-16-14-21-8-4-5-11-23(21)30(27)25-15-17-28-31(32(25)35)24-12-6-7-13-26(24)36(28)29-18-19-33-20-34-29/h1-20H. The number of aromatic nitrogens is 4. The lowest BCUT2D eigenvalue weighted by Gasteiger charge is -2.09. The maximum atomic E-state index is 4.61. The van der Waals surface area contributed by atoms with Gasteiger partial charge in [0, 0.05) is 33.4 Å². The highest BCUT2D eigenvalue weighted by molar-refractivity contribution is 6.30. The minimum absolute atomic E-state index is 0.864. The van der Waals surface area contributed by atoms with Crippen LogP contribution in [0.3, 0.4) is 0 Å². The van der Waals surface area contributed by atoms with E-state index in [1.54, 1.807) is 12.5 Å². The number of hydrogen-bond acceptors (Lipinski definition) is 2. The predicted octanol–water partition coefficient (Wildman–Crippen LogP) is 7.82. The van der Waals surface area contributed by atoms with Crippen molar-refractivity contribution in [2.75, 3.05) is 0 Å². The fraction of sp³-hybridized carbons (Fsp3) is 0. The van der Waals surface area contributed by atoms with Gasteiger partial charge in [-0.1, -0.05) is 72.8 Å². The largest absolute Gasteiger partial charge is 0.309 e. The van der Waals surface area contributed by atoms with Crippen LogP contribution in [0.1, 0.15) is 0 Å². The van der Waals surface area contributed by atoms with Crippen LogP contribution in [0, 0.1) is 0 Å². The van der Waals surface area contributed by atoms with Crippen LogP contribution in [0.15, 0.2) is 122 Å². The number of benzene rings is 5. The fourth-order valence-corrected chi connectivity index (χ4v) is 5.83. The molecule has 0 N–H and O–H groups in total. The van der Waals surface area contributed by atoms with Gasteiger partial charge in [0.2, 0.25) is 0 Å². The number of para-hydroxylation sites is 2. The summed E-state index contributed by atoms with van der Waals surface area (Å²) in [6.45, 7) is 0. The third-order valence-electron chi connectivity index (χ3n) is 7.26. The van der Waals surface area contributed by atoms with E-state index in [0.717, 1.165) is 22.5 Å². The van der Waals surface area contributed by atoms with Crippen LogP contribution in [0.4, 0.5) is 0 Å². The predicted molar refractivity (Wildman–Crippen MR) is 148 cm³/mol. The van der Waals surface area contributed by atoms with E-state index >= 15 is 0 Å². The third kappa shape index (κ3) is 2.53. The van der Waals surface area contributed by atoms with Gasteiger partial charge in [-0.05, 0) is 47.2 Å². The molecule has 0 aliphatic rings. The minimum Gasteiger partial charge on any atom is -0.309 e. The van der Waals surface area contributed by atoms with Gasteiger partial charge in [0.05, 0.1) is 22.1 Å². The van der Waals surface area contributed by atoms with Crippen molar-refractivity contribution in [3.63, 3.8) is 0 Å². The van der Waals surface area contributed by atoms with Crippen molar-refractivity contribution in [3.05, 3.63) is 122 Å². The molecule has 0 amide bonds. The molecule has 168 valence electrons. The van der Waals surface area contributed by atoms with E-state index in [1.807, 2.05) is 6.07 Å². The average Bonchev–Trinajstić information content (AvgIpc) is 3.47. The molecule has 0 fully saturated rings. The van der Waals surface area contributed by atoms with E-state index in [0.29, 0.717) is 0 Å². The molecule has 8 rings (SSSR count). The van der Waals surface area contributed by atoms with E-state index in [1.165, 1.54) is 43.4 Å². The third-order valence-corrected chi connectivity index (χ3v) is 7.26. The lowest BCUT2D eigenvalue weighted by atomic mass is 10.0. The summed E-state index contributed by atoms with van der Waals surface area (Å²) in [7, 11) is 0. The maximum Gasteiger partial charge on any atom is 0.140 e. The van der Waals surface area contributed by atoms with Crippen molar-refractivity contribution in [1.29, 1.82) is 0 Å². The van der Waals surface area contributed by atoms with Crippen LogP contribution >= 0.6 is 0 Å². The van der Waals surface area contributed by atoms with Crippen molar-refractivity contribution < 1.29 is 0 Å². The second kappa shape index (κ2) is 7.27. The number of nitrogens with zero attached hydrogens (tertiary/aromatic N) is 4. The topological polar surface area (TPSA) is 35.6 Å². The Morgan fingerprint density at radius 1 is 0.500 bits per heavy atom. The summed E-state index contributed by atoms with van der Waals surface area (Å²) in [6.07, 6.45) is 3.41. The normalized spacial score (nSPS) is 11.9. The molecule has 3 aromatic heterocycles. The summed E-state index contributed by atoms with van der Waals surface area (Å²) in [5, 5.41) is 7.50. The van der Waals surface area contributed by atoms with Gasteiger partial charge < -0.3 is 4.57 Å². The van der Waals surface area contributed by atoms with Crippen LogP contribution < -0.4 is 0 Å². The molecule has 0 bridgehead atoms. The van der Waals surface area contributed by atoms with Crippen LogP contribution in [-0.4, -0.2) is 19.1 Å². The Kier molecular flexibility index (Phi) is 3.91. The second-order valence-corrected chi connectivity index (χ2v) is 9.13. The molecule has 5 aromatic carbocycles. The fourth-order valence-electron chi connectivity index (χ4n) is 5.83. The summed E-state index contributed by atoms with van der Waals surface area (Å²) in [5.74, 6) is 0.864. The molecular weight excluding hydrogens is 440 g/mol. The Bertz CT molecular complexity index is 2080. The first-order valence-corrected chi connectivity index (χ1v) is 12.1. The Balaban J connectivity index is 1.68. The van der Waals surface area contributed by atoms with Gasteiger partial charge >= 0.3 is 0 Å². The summed E-state index contributed by atoms with van der Waals surface area (Å²) >= 11 is 0. The first-order valence-electron chi connectivity index (χ1n) is 12.1. The zero-order chi connectivity index (χ0) is 23.6. The average molecular weight is 461 g/mol. The zero-order valence-corrected chi connectivity index (χ0v) is 19.3. The lowest BCUT2D eigenvalue weighted by molar-refractivity contribution is 1.04. The summed E-state index contributed by atoms with van der Waals surface area (Å²) in [6, 6.07) is 39.0. The Hall–Kier alpha value is -4.96. The zero-order valence-electron chi connectivity index (χ0n) is 19.3. The summed E-state index contributed by atoms with van der Waals surface area (Å²) < 4.78 is 4.67. The SMILES string of the molecule is c1ccc(-n2c3ccc4ccccc4c3c3ccc4c(c5ccccc5n4-c4ccncn4)c32)cc1. The molecule has 0 saturated carbocycles. The van der Waals surface area contributed by atoms with Gasteiger partial charge in [0.25, 0.3) is 0 Å². The van der Waals surface area contributed by atoms with Crippen LogP contribution in [0.25, 0.3) is 65.9 Å². The minimum atomic E-state index is 0.864. The number of fused-ring (bicyclic) bond motifs is 9. The van der Waals surface area contributed by atoms with Crippen molar-refractivity contribution >= 4 is 54.4 Å². The highest BCUT2D eigenvalue weighted by Crippen LogP contribution is 2.43. The molecule has 0 saturated heterocycles. The van der Waals surface area contributed by atoms with Crippen molar-refractivity contribution in [2.24, 2.45) is 0 Å². The molecule has 3 heterocycles. The molecule has 0 unspecified atom stereocenters. The second-order valence-electron chi connectivity index (χ2n) is 9.13. The molecule has 4 nitrogen and oxygen atoms in total. The molecule has 4 heteroatoms. The molecule has 8 aromatic rings. The number of hydrogen-bond donors (Lipinski definition) is 0. The monoisotopic (exact) mass is 460 g/mol. The molecule has 36 heavy (non-hydrogen) atoms. The van der Waals surface area contributed by atoms with Gasteiger partial charge in [0.15, 0.2) is 0 Å². The Morgan fingerprint density at radius 2 is 1.25 bits per heavy atom. The quantitative estimate of drug-likeness (QED) is 0.264. The molecular formula is C32H20N4. The molecule has 0 aliphatic heterocycles. The first-order chi connectivity index (χ1) is 17.9. The van der Waals surface area contributed by atoms with Crippen molar-refractivity contribution in [3.8, 4) is 11.5 Å². The van der Waals surface area contributed by atoms with E-state index in [4.69, 9.17) is 0 Å². The Labute approximate surface area is 206 Å². The van der Waals surface area contributed by atoms with Gasteiger partial charge in [-0.15, -0.1) is 0 Å². The van der Waals surface area contributed by atoms with Crippen LogP contribution in [-0.2, 0) is 0 Å². The van der Waals surface area contributed by atoms with Gasteiger partial charge in [-0.25, -0.2) is 9.97 Å². The molecule has 0 atom stereocenters. The smallest absolute Gasteiger partial charge is 0.140 e. The van der Waals surface area contributed by atoms with Gasteiger partial charge in [-0.2, -0.15) is 0 Å². The summed E-state index contributed by atoms with van der Waals surface area (Å²) in [5.41, 5.74) is 5.84. The Morgan fingerprint density at radius 3 is 2.11 bits per heavy atom. The van der Waals surface area contributed by atoms with E-state index in [2.05, 4.69) is 122 Å². The van der Waals surface area contributed by atoms with Crippen molar-refractivity contribution in [1.82, 2.24) is 19.1 Å². The first kappa shape index (κ1) is 19.4. The maximum absolute atomic E-state index is 4.61. The van der Waals surface area contributed by atoms with Gasteiger partial charge in [0.1, 0.15) is 12.1 Å². The number of rotatable bonds is 2. The molecule has 0 aliphatic carbocycles. The highest BCUT2D eigenvalue weighted by atomic mass is 15.1. The van der Waals surface area contributed by atoms with E-state index < -0.39 is 0 Å². The molecule has 0 radical (unpaired) electrons. The van der Waals surface area contributed by atoms with Gasteiger partial charge in [-0.3, -0.25) is 4.57 Å². The van der Waals surface area contributed by atoms with E-state index in [-0.39, 0.29) is 0 Å². The summed E-state index contributed by atoms with van der Waals surface area (Å²) in [4.78, 5) is 8.76. The molecule has 0 spiro atoms. The van der Waals surface area contributed by atoms with E-state index in [9.17, 15) is 0 Å². The van der Waals surface area contributed by atoms with Crippen LogP contribution in [0.2, 0.25) is 0 Å².